The van der Waals surface area contributed by atoms with Crippen molar-refractivity contribution in [3.8, 4) is 0 Å². The number of nitrogens with one attached hydrogen (secondary N) is 1. The lowest BCUT2D eigenvalue weighted by molar-refractivity contribution is 0.102. The molecule has 2 aromatic rings. The van der Waals surface area contributed by atoms with Crippen LogP contribution in [-0.2, 0) is 6.61 Å². The second kappa shape index (κ2) is 4.82. The molecular formula is C10H9N3O2S. The van der Waals surface area contributed by atoms with Crippen molar-refractivity contribution in [2.24, 2.45) is 0 Å². The molecule has 0 saturated carbocycles. The van der Waals surface area contributed by atoms with Gasteiger partial charge in [0.1, 0.15) is 0 Å². The highest BCUT2D eigenvalue weighted by molar-refractivity contribution is 7.03. The molecule has 0 radical (unpaired) electrons. The Morgan fingerprint density at radius 3 is 2.94 bits per heavy atom. The average molecular weight is 235 g/mol. The molecule has 0 fully saturated rings. The number of carbonyl (C=O) groups excluding carboxylic acids is 1. The van der Waals surface area contributed by atoms with Crippen molar-refractivity contribution in [2.45, 2.75) is 6.61 Å². The third-order valence-electron chi connectivity index (χ3n) is 2.03. The lowest BCUT2D eigenvalue weighted by Gasteiger charge is -2.07. The zero-order chi connectivity index (χ0) is 11.4. The lowest BCUT2D eigenvalue weighted by atomic mass is 10.2. The Hall–Kier alpha value is -1.79. The molecule has 0 aliphatic rings. The van der Waals surface area contributed by atoms with Gasteiger partial charge < -0.3 is 10.4 Å². The summed E-state index contributed by atoms with van der Waals surface area (Å²) in [4.78, 5) is 11.7. The van der Waals surface area contributed by atoms with Crippen LogP contribution in [0.25, 0.3) is 0 Å². The summed E-state index contributed by atoms with van der Waals surface area (Å²) in [5, 5.41) is 17.0. The average Bonchev–Trinajstić information content (AvgIpc) is 2.83. The molecule has 0 atom stereocenters. The van der Waals surface area contributed by atoms with Gasteiger partial charge in [-0.2, -0.15) is 0 Å². The van der Waals surface area contributed by atoms with E-state index in [1.54, 1.807) is 29.6 Å². The summed E-state index contributed by atoms with van der Waals surface area (Å²) in [5.74, 6) is -0.324. The van der Waals surface area contributed by atoms with Crippen LogP contribution in [0.5, 0.6) is 0 Å². The van der Waals surface area contributed by atoms with E-state index in [1.165, 1.54) is 0 Å². The van der Waals surface area contributed by atoms with E-state index in [9.17, 15) is 4.79 Å². The van der Waals surface area contributed by atoms with Crippen LogP contribution in [0.15, 0.2) is 29.6 Å². The second-order valence-electron chi connectivity index (χ2n) is 3.06. The molecule has 16 heavy (non-hydrogen) atoms. The van der Waals surface area contributed by atoms with Gasteiger partial charge in [-0.05, 0) is 17.6 Å². The number of nitrogens with zero attached hydrogens (tertiary/aromatic N) is 2. The van der Waals surface area contributed by atoms with Crippen LogP contribution >= 0.6 is 11.5 Å². The van der Waals surface area contributed by atoms with Crippen LogP contribution in [0.3, 0.4) is 0 Å². The van der Waals surface area contributed by atoms with E-state index in [0.717, 1.165) is 11.5 Å². The third kappa shape index (κ3) is 2.23. The van der Waals surface area contributed by atoms with Gasteiger partial charge >= 0.3 is 0 Å². The molecule has 0 spiro atoms. The number of aliphatic hydroxyl groups excluding tert-OH is 1. The standard InChI is InChI=1S/C10H9N3O2S/c14-5-7-3-1-2-4-8(7)11-10(15)9-6-16-13-12-9/h1-4,6,14H,5H2,(H,11,15). The Kier molecular flexibility index (Phi) is 3.23. The van der Waals surface area contributed by atoms with Crippen LogP contribution in [-0.4, -0.2) is 20.6 Å². The van der Waals surface area contributed by atoms with Crippen molar-refractivity contribution in [3.05, 3.63) is 40.9 Å². The first-order valence-electron chi connectivity index (χ1n) is 4.58. The predicted molar refractivity (Wildman–Crippen MR) is 60.2 cm³/mol. The molecule has 0 saturated heterocycles. The first-order valence-corrected chi connectivity index (χ1v) is 5.42. The molecule has 1 aromatic heterocycles. The fourth-order valence-corrected chi connectivity index (χ4v) is 1.67. The number of hydrogen-bond acceptors (Lipinski definition) is 5. The summed E-state index contributed by atoms with van der Waals surface area (Å²) in [6, 6.07) is 7.05. The van der Waals surface area contributed by atoms with Gasteiger partial charge in [0.25, 0.3) is 5.91 Å². The van der Waals surface area contributed by atoms with Gasteiger partial charge in [-0.1, -0.05) is 22.7 Å². The molecule has 5 nitrogen and oxygen atoms in total. The van der Waals surface area contributed by atoms with Crippen LogP contribution in [0.2, 0.25) is 0 Å². The van der Waals surface area contributed by atoms with Crippen LogP contribution in [0.1, 0.15) is 16.1 Å². The molecule has 0 bridgehead atoms. The summed E-state index contributed by atoms with van der Waals surface area (Å²) in [6.07, 6.45) is 0. The molecule has 82 valence electrons. The van der Waals surface area contributed by atoms with Gasteiger partial charge in [0.15, 0.2) is 5.69 Å². The molecular weight excluding hydrogens is 226 g/mol. The highest BCUT2D eigenvalue weighted by Gasteiger charge is 2.10. The maximum atomic E-state index is 11.7. The molecule has 1 aromatic carbocycles. The maximum absolute atomic E-state index is 11.7. The maximum Gasteiger partial charge on any atom is 0.277 e. The van der Waals surface area contributed by atoms with E-state index >= 15 is 0 Å². The Balaban J connectivity index is 2.18. The van der Waals surface area contributed by atoms with Crippen molar-refractivity contribution in [1.82, 2.24) is 9.59 Å². The Bertz CT molecular complexity index is 485. The van der Waals surface area contributed by atoms with Gasteiger partial charge in [0.2, 0.25) is 0 Å². The van der Waals surface area contributed by atoms with Crippen molar-refractivity contribution in [3.63, 3.8) is 0 Å². The number of amides is 1. The number of aromatic nitrogens is 2. The van der Waals surface area contributed by atoms with Crippen LogP contribution in [0.4, 0.5) is 5.69 Å². The first kappa shape index (κ1) is 10.7. The topological polar surface area (TPSA) is 75.1 Å². The first-order chi connectivity index (χ1) is 7.81. The van der Waals surface area contributed by atoms with Crippen molar-refractivity contribution in [2.75, 3.05) is 5.32 Å². The number of aliphatic hydroxyl groups is 1. The summed E-state index contributed by atoms with van der Waals surface area (Å²) < 4.78 is 3.61. The highest BCUT2D eigenvalue weighted by Crippen LogP contribution is 2.15. The molecule has 1 amide bonds. The van der Waals surface area contributed by atoms with Crippen molar-refractivity contribution in [1.29, 1.82) is 0 Å². The van der Waals surface area contributed by atoms with Crippen molar-refractivity contribution >= 4 is 23.1 Å². The van der Waals surface area contributed by atoms with Gasteiger partial charge in [-0.3, -0.25) is 4.79 Å². The van der Waals surface area contributed by atoms with E-state index in [0.29, 0.717) is 11.3 Å². The molecule has 0 aliphatic heterocycles. The molecule has 6 heteroatoms. The van der Waals surface area contributed by atoms with Crippen molar-refractivity contribution < 1.29 is 9.90 Å². The fraction of sp³-hybridized carbons (Fsp3) is 0.100. The zero-order valence-corrected chi connectivity index (χ0v) is 9.07. The van der Waals surface area contributed by atoms with Crippen LogP contribution in [0, 0.1) is 0 Å². The fourth-order valence-electron chi connectivity index (χ4n) is 1.23. The van der Waals surface area contributed by atoms with E-state index in [-0.39, 0.29) is 18.2 Å². The Morgan fingerprint density at radius 2 is 2.25 bits per heavy atom. The number of carbonyl (C=O) groups is 1. The van der Waals surface area contributed by atoms with Crippen LogP contribution < -0.4 is 5.32 Å². The Labute approximate surface area is 95.9 Å². The molecule has 0 aliphatic carbocycles. The molecule has 1 heterocycles. The zero-order valence-electron chi connectivity index (χ0n) is 8.25. The van der Waals surface area contributed by atoms with E-state index in [4.69, 9.17) is 5.11 Å². The predicted octanol–water partition coefficient (Wildman–Crippen LogP) is 1.28. The number of hydrogen-bond donors (Lipinski definition) is 2. The SMILES string of the molecule is O=C(Nc1ccccc1CO)c1csnn1. The largest absolute Gasteiger partial charge is 0.392 e. The van der Waals surface area contributed by atoms with E-state index < -0.39 is 0 Å². The summed E-state index contributed by atoms with van der Waals surface area (Å²) >= 11 is 1.12. The van der Waals surface area contributed by atoms with Gasteiger partial charge in [-0.15, -0.1) is 5.10 Å². The summed E-state index contributed by atoms with van der Waals surface area (Å²) in [7, 11) is 0. The minimum absolute atomic E-state index is 0.119. The Morgan fingerprint density at radius 1 is 1.44 bits per heavy atom. The van der Waals surface area contributed by atoms with Gasteiger partial charge in [-0.25, -0.2) is 0 Å². The third-order valence-corrected chi connectivity index (χ3v) is 2.53. The van der Waals surface area contributed by atoms with Gasteiger partial charge in [0, 0.05) is 16.6 Å². The number of benzene rings is 1. The van der Waals surface area contributed by atoms with Gasteiger partial charge in [0.05, 0.1) is 6.61 Å². The molecule has 2 N–H and O–H groups in total. The highest BCUT2D eigenvalue weighted by atomic mass is 32.1. The second-order valence-corrected chi connectivity index (χ2v) is 3.67. The molecule has 2 rings (SSSR count). The normalized spacial score (nSPS) is 10.1. The number of anilines is 1. The lowest BCUT2D eigenvalue weighted by Crippen LogP contribution is -2.13. The molecule has 0 unspecified atom stereocenters. The summed E-state index contributed by atoms with van der Waals surface area (Å²) in [5.41, 5.74) is 1.53. The minimum atomic E-state index is -0.324. The monoisotopic (exact) mass is 235 g/mol. The minimum Gasteiger partial charge on any atom is -0.392 e. The number of para-hydroxylation sites is 1. The quantitative estimate of drug-likeness (QED) is 0.840. The smallest absolute Gasteiger partial charge is 0.277 e. The van der Waals surface area contributed by atoms with E-state index in [1.807, 2.05) is 0 Å². The summed E-state index contributed by atoms with van der Waals surface area (Å²) in [6.45, 7) is -0.119. The number of rotatable bonds is 3. The van der Waals surface area contributed by atoms with E-state index in [2.05, 4.69) is 14.9 Å².